The van der Waals surface area contributed by atoms with E-state index in [0.29, 0.717) is 11.7 Å². The molecule has 0 saturated carbocycles. The number of hydrogen-bond acceptors (Lipinski definition) is 7. The molecular weight excluding hydrogens is 394 g/mol. The molecule has 1 N–H and O–H groups in total. The molecule has 7 nitrogen and oxygen atoms in total. The van der Waals surface area contributed by atoms with Gasteiger partial charge in [-0.15, -0.1) is 10.2 Å². The van der Waals surface area contributed by atoms with Crippen LogP contribution >= 0.6 is 23.1 Å². The monoisotopic (exact) mass is 419 g/mol. The summed E-state index contributed by atoms with van der Waals surface area (Å²) < 4.78 is 0.843. The van der Waals surface area contributed by atoms with Gasteiger partial charge in [0.05, 0.1) is 5.92 Å². The topological polar surface area (TPSA) is 78.4 Å². The van der Waals surface area contributed by atoms with Gasteiger partial charge in [0.2, 0.25) is 16.9 Å². The fourth-order valence-electron chi connectivity index (χ4n) is 3.07. The first-order valence-electron chi connectivity index (χ1n) is 9.45. The standard InChI is InChI=1S/C19H25N5O2S2/c1-3-23(4-2)10-11-27-19-22-21-18(28-19)20-17(26)14-12-16(25)24(13-14)15-8-6-5-7-9-15/h5-9,14H,3-4,10-13H2,1-2H3,(H,20,21,26)/t14-/m0/s1. The second-order valence-corrected chi connectivity index (χ2v) is 8.80. The lowest BCUT2D eigenvalue weighted by Crippen LogP contribution is -2.28. The van der Waals surface area contributed by atoms with Gasteiger partial charge in [0.1, 0.15) is 0 Å². The molecule has 1 saturated heterocycles. The Bertz CT molecular complexity index is 795. The minimum absolute atomic E-state index is 0.0312. The lowest BCUT2D eigenvalue weighted by atomic mass is 10.1. The van der Waals surface area contributed by atoms with Gasteiger partial charge in [0.15, 0.2) is 4.34 Å². The molecule has 0 bridgehead atoms. The number of aromatic nitrogens is 2. The largest absolute Gasteiger partial charge is 0.312 e. The predicted molar refractivity (Wildman–Crippen MR) is 114 cm³/mol. The van der Waals surface area contributed by atoms with Crippen molar-refractivity contribution in [3.8, 4) is 0 Å². The zero-order valence-corrected chi connectivity index (χ0v) is 17.8. The van der Waals surface area contributed by atoms with E-state index in [-0.39, 0.29) is 24.2 Å². The summed E-state index contributed by atoms with van der Waals surface area (Å²) in [6.07, 6.45) is 0.213. The molecule has 2 heterocycles. The fourth-order valence-corrected chi connectivity index (χ4v) is 4.89. The highest BCUT2D eigenvalue weighted by atomic mass is 32.2. The van der Waals surface area contributed by atoms with Crippen molar-refractivity contribution in [2.24, 2.45) is 5.92 Å². The fraction of sp³-hybridized carbons (Fsp3) is 0.474. The summed E-state index contributed by atoms with van der Waals surface area (Å²) in [5.41, 5.74) is 0.825. The van der Waals surface area contributed by atoms with Crippen LogP contribution in [-0.2, 0) is 9.59 Å². The number of anilines is 2. The van der Waals surface area contributed by atoms with Crippen LogP contribution in [-0.4, -0.2) is 58.8 Å². The second-order valence-electron chi connectivity index (χ2n) is 6.48. The van der Waals surface area contributed by atoms with Gasteiger partial charge in [-0.05, 0) is 25.2 Å². The van der Waals surface area contributed by atoms with Crippen LogP contribution in [0.2, 0.25) is 0 Å². The number of hydrogen-bond donors (Lipinski definition) is 1. The number of thioether (sulfide) groups is 1. The highest BCUT2D eigenvalue weighted by molar-refractivity contribution is 8.01. The maximum absolute atomic E-state index is 12.6. The van der Waals surface area contributed by atoms with Crippen molar-refractivity contribution in [2.75, 3.05) is 42.1 Å². The molecule has 2 aromatic rings. The van der Waals surface area contributed by atoms with E-state index in [2.05, 4.69) is 34.3 Å². The van der Waals surface area contributed by atoms with Crippen molar-refractivity contribution in [2.45, 2.75) is 24.6 Å². The SMILES string of the molecule is CCN(CC)CCSc1nnc(NC(=O)[C@H]2CC(=O)N(c3ccccc3)C2)s1. The summed E-state index contributed by atoms with van der Waals surface area (Å²) >= 11 is 3.02. The van der Waals surface area contributed by atoms with E-state index >= 15 is 0 Å². The van der Waals surface area contributed by atoms with Gasteiger partial charge < -0.3 is 15.1 Å². The number of para-hydroxylation sites is 1. The predicted octanol–water partition coefficient (Wildman–Crippen LogP) is 2.96. The van der Waals surface area contributed by atoms with Crippen molar-refractivity contribution >= 4 is 45.7 Å². The summed E-state index contributed by atoms with van der Waals surface area (Å²) in [6, 6.07) is 9.43. The van der Waals surface area contributed by atoms with Crippen molar-refractivity contribution in [3.63, 3.8) is 0 Å². The van der Waals surface area contributed by atoms with Gasteiger partial charge in [-0.1, -0.05) is 55.1 Å². The van der Waals surface area contributed by atoms with E-state index in [1.54, 1.807) is 16.7 Å². The lowest BCUT2D eigenvalue weighted by molar-refractivity contribution is -0.122. The Morgan fingerprint density at radius 3 is 2.75 bits per heavy atom. The van der Waals surface area contributed by atoms with Crippen molar-refractivity contribution in [3.05, 3.63) is 30.3 Å². The third-order valence-electron chi connectivity index (χ3n) is 4.73. The molecule has 9 heteroatoms. The number of rotatable bonds is 9. The number of benzene rings is 1. The molecule has 1 aliphatic rings. The average Bonchev–Trinajstić information content (AvgIpc) is 3.32. The first kappa shape index (κ1) is 20.8. The molecule has 1 fully saturated rings. The van der Waals surface area contributed by atoms with Crippen LogP contribution < -0.4 is 10.2 Å². The number of carbonyl (C=O) groups is 2. The lowest BCUT2D eigenvalue weighted by Gasteiger charge is -2.16. The van der Waals surface area contributed by atoms with Gasteiger partial charge in [-0.25, -0.2) is 0 Å². The molecule has 150 valence electrons. The van der Waals surface area contributed by atoms with E-state index in [0.717, 1.165) is 35.4 Å². The van der Waals surface area contributed by atoms with Crippen molar-refractivity contribution in [1.82, 2.24) is 15.1 Å². The maximum Gasteiger partial charge on any atom is 0.231 e. The molecule has 3 rings (SSSR count). The Balaban J connectivity index is 1.50. The number of carbonyl (C=O) groups excluding carboxylic acids is 2. The van der Waals surface area contributed by atoms with Crippen LogP contribution in [0.25, 0.3) is 0 Å². The van der Waals surface area contributed by atoms with Crippen LogP contribution in [0.1, 0.15) is 20.3 Å². The van der Waals surface area contributed by atoms with E-state index in [4.69, 9.17) is 0 Å². The summed E-state index contributed by atoms with van der Waals surface area (Å²) in [5.74, 6) is 0.349. The first-order valence-corrected chi connectivity index (χ1v) is 11.3. The summed E-state index contributed by atoms with van der Waals surface area (Å²) in [5, 5.41) is 11.5. The number of amides is 2. The van der Waals surface area contributed by atoms with Crippen molar-refractivity contribution < 1.29 is 9.59 Å². The molecule has 0 spiro atoms. The quantitative estimate of drug-likeness (QED) is 0.497. The summed E-state index contributed by atoms with van der Waals surface area (Å²) in [7, 11) is 0. The first-order chi connectivity index (χ1) is 13.6. The number of nitrogens with zero attached hydrogens (tertiary/aromatic N) is 4. The van der Waals surface area contributed by atoms with E-state index < -0.39 is 0 Å². The molecule has 1 aliphatic heterocycles. The molecule has 0 unspecified atom stereocenters. The molecule has 0 radical (unpaired) electrons. The van der Waals surface area contributed by atoms with E-state index in [1.165, 1.54) is 11.3 Å². The van der Waals surface area contributed by atoms with Crippen LogP contribution in [0, 0.1) is 5.92 Å². The van der Waals surface area contributed by atoms with Gasteiger partial charge in [0.25, 0.3) is 0 Å². The van der Waals surface area contributed by atoms with Crippen LogP contribution in [0.15, 0.2) is 34.7 Å². The van der Waals surface area contributed by atoms with Gasteiger partial charge in [-0.2, -0.15) is 0 Å². The molecule has 0 aliphatic carbocycles. The van der Waals surface area contributed by atoms with E-state index in [9.17, 15) is 9.59 Å². The smallest absolute Gasteiger partial charge is 0.231 e. The Kier molecular flexibility index (Phi) is 7.41. The van der Waals surface area contributed by atoms with Gasteiger partial charge in [0, 0.05) is 31.0 Å². The Hall–Kier alpha value is -1.97. The molecule has 2 amide bonds. The van der Waals surface area contributed by atoms with Crippen LogP contribution in [0.4, 0.5) is 10.8 Å². The Morgan fingerprint density at radius 1 is 1.29 bits per heavy atom. The minimum Gasteiger partial charge on any atom is -0.312 e. The Labute approximate surface area is 173 Å². The van der Waals surface area contributed by atoms with Gasteiger partial charge >= 0.3 is 0 Å². The number of nitrogens with one attached hydrogen (secondary N) is 1. The van der Waals surface area contributed by atoms with Gasteiger partial charge in [-0.3, -0.25) is 9.59 Å². The normalized spacial score (nSPS) is 16.8. The third-order valence-corrected chi connectivity index (χ3v) is 6.68. The van der Waals surface area contributed by atoms with Crippen molar-refractivity contribution in [1.29, 1.82) is 0 Å². The van der Waals surface area contributed by atoms with Crippen LogP contribution in [0.5, 0.6) is 0 Å². The highest BCUT2D eigenvalue weighted by Gasteiger charge is 2.35. The maximum atomic E-state index is 12.6. The van der Waals surface area contributed by atoms with E-state index in [1.807, 2.05) is 30.3 Å². The molecular formula is C19H25N5O2S2. The molecule has 1 atom stereocenters. The zero-order chi connectivity index (χ0) is 19.9. The summed E-state index contributed by atoms with van der Waals surface area (Å²) in [6.45, 7) is 7.76. The second kappa shape index (κ2) is 9.99. The minimum atomic E-state index is -0.379. The zero-order valence-electron chi connectivity index (χ0n) is 16.1. The molecule has 1 aromatic heterocycles. The highest BCUT2D eigenvalue weighted by Crippen LogP contribution is 2.28. The summed E-state index contributed by atoms with van der Waals surface area (Å²) in [4.78, 5) is 28.9. The third kappa shape index (κ3) is 5.30. The average molecular weight is 420 g/mol. The Morgan fingerprint density at radius 2 is 2.04 bits per heavy atom. The van der Waals surface area contributed by atoms with Crippen LogP contribution in [0.3, 0.4) is 0 Å². The molecule has 1 aromatic carbocycles. The molecule has 28 heavy (non-hydrogen) atoms.